The first kappa shape index (κ1) is 7.54. The number of aliphatic hydroxyl groups excluding tert-OH is 1. The number of ether oxygens (including phenoxy) is 1. The Kier molecular flexibility index (Phi) is 2.27. The van der Waals surface area contributed by atoms with E-state index in [4.69, 9.17) is 9.84 Å². The number of aliphatic hydroxyl groups is 1. The van der Waals surface area contributed by atoms with E-state index in [1.54, 1.807) is 0 Å². The third-order valence-electron chi connectivity index (χ3n) is 1.94. The van der Waals surface area contributed by atoms with Crippen LogP contribution in [0.4, 0.5) is 0 Å². The molecule has 3 nitrogen and oxygen atoms in total. The molecule has 0 unspecified atom stereocenters. The van der Waals surface area contributed by atoms with Gasteiger partial charge in [-0.05, 0) is 6.42 Å². The minimum absolute atomic E-state index is 0.0375. The summed E-state index contributed by atoms with van der Waals surface area (Å²) in [7, 11) is 0. The summed E-state index contributed by atoms with van der Waals surface area (Å²) in [5.74, 6) is 0.0587. The molecule has 1 saturated heterocycles. The number of hydrogen-bond donors (Lipinski definition) is 1. The Morgan fingerprint density at radius 1 is 1.80 bits per heavy atom. The van der Waals surface area contributed by atoms with Gasteiger partial charge in [-0.3, -0.25) is 4.79 Å². The molecule has 0 aromatic heterocycles. The van der Waals surface area contributed by atoms with E-state index < -0.39 is 0 Å². The van der Waals surface area contributed by atoms with Gasteiger partial charge < -0.3 is 9.84 Å². The molecule has 0 amide bonds. The van der Waals surface area contributed by atoms with Gasteiger partial charge in [-0.1, -0.05) is 6.92 Å². The average Bonchev–Trinajstić information content (AvgIpc) is 2.30. The molecule has 0 spiro atoms. The molecule has 58 valence electrons. The summed E-state index contributed by atoms with van der Waals surface area (Å²) in [6.07, 6.45) is 1.14. The lowest BCUT2D eigenvalue weighted by atomic mass is 9.99. The molecule has 1 aliphatic rings. The first-order chi connectivity index (χ1) is 4.77. The number of rotatable bonds is 2. The van der Waals surface area contributed by atoms with Crippen molar-refractivity contribution in [2.24, 2.45) is 5.92 Å². The summed E-state index contributed by atoms with van der Waals surface area (Å²) in [4.78, 5) is 10.6. The maximum Gasteiger partial charge on any atom is 0.306 e. The van der Waals surface area contributed by atoms with Gasteiger partial charge in [0.1, 0.15) is 6.10 Å². The molecular formula is C7H12O3. The molecule has 2 atom stereocenters. The third-order valence-corrected chi connectivity index (χ3v) is 1.94. The molecule has 1 N–H and O–H groups in total. The molecule has 1 fully saturated rings. The second-order valence-corrected chi connectivity index (χ2v) is 2.58. The second-order valence-electron chi connectivity index (χ2n) is 2.58. The van der Waals surface area contributed by atoms with Crippen LogP contribution in [0.5, 0.6) is 0 Å². The van der Waals surface area contributed by atoms with E-state index in [0.29, 0.717) is 6.42 Å². The predicted molar refractivity (Wildman–Crippen MR) is 35.4 cm³/mol. The SMILES string of the molecule is CC[C@@H]1CC(=O)O[C@@H]1CO. The fourth-order valence-corrected chi connectivity index (χ4v) is 1.25. The molecule has 10 heavy (non-hydrogen) atoms. The lowest BCUT2D eigenvalue weighted by molar-refractivity contribution is -0.142. The zero-order valence-electron chi connectivity index (χ0n) is 6.04. The first-order valence-corrected chi connectivity index (χ1v) is 3.58. The average molecular weight is 144 g/mol. The Hall–Kier alpha value is -0.570. The van der Waals surface area contributed by atoms with Crippen molar-refractivity contribution in [2.75, 3.05) is 6.61 Å². The zero-order chi connectivity index (χ0) is 7.56. The van der Waals surface area contributed by atoms with Gasteiger partial charge in [0.25, 0.3) is 0 Å². The van der Waals surface area contributed by atoms with Gasteiger partial charge >= 0.3 is 5.97 Å². The molecule has 0 aliphatic carbocycles. The highest BCUT2D eigenvalue weighted by atomic mass is 16.6. The number of esters is 1. The number of carbonyl (C=O) groups is 1. The molecule has 0 radical (unpaired) electrons. The fraction of sp³-hybridized carbons (Fsp3) is 0.857. The van der Waals surface area contributed by atoms with Gasteiger partial charge in [-0.2, -0.15) is 0 Å². The van der Waals surface area contributed by atoms with Crippen LogP contribution < -0.4 is 0 Å². The smallest absolute Gasteiger partial charge is 0.306 e. The van der Waals surface area contributed by atoms with Crippen molar-refractivity contribution in [1.29, 1.82) is 0 Å². The summed E-state index contributed by atoms with van der Waals surface area (Å²) in [6, 6.07) is 0. The normalized spacial score (nSPS) is 32.4. The second kappa shape index (κ2) is 3.01. The Bertz CT molecular complexity index is 119. The van der Waals surface area contributed by atoms with E-state index in [0.717, 1.165) is 6.42 Å². The summed E-state index contributed by atoms with van der Waals surface area (Å²) in [5, 5.41) is 8.71. The Morgan fingerprint density at radius 2 is 2.50 bits per heavy atom. The molecule has 3 heteroatoms. The van der Waals surface area contributed by atoms with E-state index >= 15 is 0 Å². The van der Waals surface area contributed by atoms with Gasteiger partial charge in [0.05, 0.1) is 13.0 Å². The van der Waals surface area contributed by atoms with Crippen molar-refractivity contribution < 1.29 is 14.6 Å². The summed E-state index contributed by atoms with van der Waals surface area (Å²) < 4.78 is 4.83. The van der Waals surface area contributed by atoms with Crippen molar-refractivity contribution in [1.82, 2.24) is 0 Å². The highest BCUT2D eigenvalue weighted by molar-refractivity contribution is 5.72. The van der Waals surface area contributed by atoms with E-state index in [2.05, 4.69) is 0 Å². The highest BCUT2D eigenvalue weighted by Crippen LogP contribution is 2.24. The van der Waals surface area contributed by atoms with Gasteiger partial charge in [0, 0.05) is 5.92 Å². The highest BCUT2D eigenvalue weighted by Gasteiger charge is 2.32. The van der Waals surface area contributed by atoms with E-state index in [9.17, 15) is 4.79 Å². The summed E-state index contributed by atoms with van der Waals surface area (Å²) >= 11 is 0. The van der Waals surface area contributed by atoms with E-state index in [1.807, 2.05) is 6.92 Å². The van der Waals surface area contributed by atoms with E-state index in [-0.39, 0.29) is 24.6 Å². The molecule has 0 aromatic rings. The van der Waals surface area contributed by atoms with Crippen LogP contribution in [-0.4, -0.2) is 23.8 Å². The summed E-state index contributed by atoms with van der Waals surface area (Å²) in [5.41, 5.74) is 0. The van der Waals surface area contributed by atoms with Crippen LogP contribution in [0.2, 0.25) is 0 Å². The lowest BCUT2D eigenvalue weighted by Crippen LogP contribution is -2.19. The number of carbonyl (C=O) groups excluding carboxylic acids is 1. The monoisotopic (exact) mass is 144 g/mol. The van der Waals surface area contributed by atoms with Crippen molar-refractivity contribution in [3.05, 3.63) is 0 Å². The van der Waals surface area contributed by atoms with Crippen LogP contribution >= 0.6 is 0 Å². The van der Waals surface area contributed by atoms with Gasteiger partial charge in [-0.25, -0.2) is 0 Å². The van der Waals surface area contributed by atoms with Crippen LogP contribution in [0.3, 0.4) is 0 Å². The predicted octanol–water partition coefficient (Wildman–Crippen LogP) is 0.320. The molecule has 1 rings (SSSR count). The maximum absolute atomic E-state index is 10.6. The molecule has 0 bridgehead atoms. The topological polar surface area (TPSA) is 46.5 Å². The van der Waals surface area contributed by atoms with Crippen molar-refractivity contribution >= 4 is 5.97 Å². The van der Waals surface area contributed by atoms with Crippen LogP contribution in [0, 0.1) is 5.92 Å². The quantitative estimate of drug-likeness (QED) is 0.568. The number of hydrogen-bond acceptors (Lipinski definition) is 3. The van der Waals surface area contributed by atoms with Gasteiger partial charge in [0.2, 0.25) is 0 Å². The van der Waals surface area contributed by atoms with Crippen LogP contribution in [0.25, 0.3) is 0 Å². The third kappa shape index (κ3) is 1.29. The number of cyclic esters (lactones) is 1. The molecule has 0 saturated carbocycles. The maximum atomic E-state index is 10.6. The van der Waals surface area contributed by atoms with Gasteiger partial charge in [-0.15, -0.1) is 0 Å². The summed E-state index contributed by atoms with van der Waals surface area (Å²) in [6.45, 7) is 1.96. The minimum atomic E-state index is -0.238. The Morgan fingerprint density at radius 3 is 2.90 bits per heavy atom. The fourth-order valence-electron chi connectivity index (χ4n) is 1.25. The van der Waals surface area contributed by atoms with Gasteiger partial charge in [0.15, 0.2) is 0 Å². The standard InChI is InChI=1S/C7H12O3/c1-2-5-3-7(9)10-6(5)4-8/h5-6,8H,2-4H2,1H3/t5-,6-/m1/s1. The lowest BCUT2D eigenvalue weighted by Gasteiger charge is -2.11. The van der Waals surface area contributed by atoms with E-state index in [1.165, 1.54) is 0 Å². The van der Waals surface area contributed by atoms with Crippen molar-refractivity contribution in [3.63, 3.8) is 0 Å². The Labute approximate surface area is 60.0 Å². The van der Waals surface area contributed by atoms with Crippen LogP contribution in [-0.2, 0) is 9.53 Å². The van der Waals surface area contributed by atoms with Crippen molar-refractivity contribution in [2.45, 2.75) is 25.9 Å². The largest absolute Gasteiger partial charge is 0.460 e. The Balaban J connectivity index is 2.48. The molecule has 1 aliphatic heterocycles. The molecular weight excluding hydrogens is 132 g/mol. The molecule has 0 aromatic carbocycles. The zero-order valence-corrected chi connectivity index (χ0v) is 6.04. The molecule has 1 heterocycles. The first-order valence-electron chi connectivity index (χ1n) is 3.58. The minimum Gasteiger partial charge on any atom is -0.460 e. The van der Waals surface area contributed by atoms with Crippen molar-refractivity contribution in [3.8, 4) is 0 Å². The van der Waals surface area contributed by atoms with Crippen LogP contribution in [0.15, 0.2) is 0 Å². The van der Waals surface area contributed by atoms with Crippen LogP contribution in [0.1, 0.15) is 19.8 Å².